The van der Waals surface area contributed by atoms with Crippen LogP contribution in [-0.4, -0.2) is 33.8 Å². The fourth-order valence-corrected chi connectivity index (χ4v) is 5.21. The molecule has 1 saturated heterocycles. The Balaban J connectivity index is 1.33. The van der Waals surface area contributed by atoms with E-state index in [1.807, 2.05) is 43.3 Å². The van der Waals surface area contributed by atoms with Gasteiger partial charge in [-0.3, -0.25) is 14.2 Å². The van der Waals surface area contributed by atoms with Gasteiger partial charge in [-0.05, 0) is 74.7 Å². The van der Waals surface area contributed by atoms with E-state index in [1.54, 1.807) is 23.0 Å². The number of nitrogens with one attached hydrogen (secondary N) is 1. The van der Waals surface area contributed by atoms with Crippen LogP contribution in [0.15, 0.2) is 81.3 Å². The molecule has 0 aliphatic carbocycles. The maximum atomic E-state index is 13.2. The van der Waals surface area contributed by atoms with Gasteiger partial charge in [0.05, 0.1) is 29.0 Å². The minimum Gasteiger partial charge on any atom is -0.467 e. The van der Waals surface area contributed by atoms with Crippen molar-refractivity contribution in [3.63, 3.8) is 0 Å². The molecular formula is C27H28N4O3S. The second-order valence-corrected chi connectivity index (χ2v) is 10.0. The standard InChI is InChI=1S/C27H28N4O3S/c1-19(25(32)28-20-11-13-21(14-12-20)30-15-5-2-6-16-30)35-27-29-24-10-4-3-9-23(24)26(33)31(27)18-22-8-7-17-34-22/h3-4,7-14,17,19H,2,5-6,15-16,18H2,1H3,(H,28,32). The van der Waals surface area contributed by atoms with Crippen molar-refractivity contribution in [2.24, 2.45) is 0 Å². The van der Waals surface area contributed by atoms with Crippen LogP contribution in [0, 0.1) is 0 Å². The third-order valence-electron chi connectivity index (χ3n) is 6.23. The molecule has 5 rings (SSSR count). The van der Waals surface area contributed by atoms with Gasteiger partial charge in [0.15, 0.2) is 5.16 Å². The van der Waals surface area contributed by atoms with Gasteiger partial charge in [0.1, 0.15) is 5.76 Å². The average Bonchev–Trinajstić information content (AvgIpc) is 3.41. The summed E-state index contributed by atoms with van der Waals surface area (Å²) in [7, 11) is 0. The number of fused-ring (bicyclic) bond motifs is 1. The maximum Gasteiger partial charge on any atom is 0.262 e. The van der Waals surface area contributed by atoms with Gasteiger partial charge < -0.3 is 14.6 Å². The fourth-order valence-electron chi connectivity index (χ4n) is 4.30. The maximum absolute atomic E-state index is 13.2. The molecule has 1 aliphatic rings. The molecule has 0 bridgehead atoms. The molecule has 4 aromatic rings. The van der Waals surface area contributed by atoms with Crippen LogP contribution in [0.5, 0.6) is 0 Å². The number of aromatic nitrogens is 2. The number of amides is 1. The molecule has 2 aromatic heterocycles. The van der Waals surface area contributed by atoms with E-state index in [2.05, 4.69) is 22.3 Å². The summed E-state index contributed by atoms with van der Waals surface area (Å²) in [6.07, 6.45) is 5.32. The minimum absolute atomic E-state index is 0.146. The molecule has 1 fully saturated rings. The normalized spacial score (nSPS) is 14.7. The van der Waals surface area contributed by atoms with Crippen molar-refractivity contribution in [3.05, 3.63) is 83.0 Å². The highest BCUT2D eigenvalue weighted by Gasteiger charge is 2.20. The third-order valence-corrected chi connectivity index (χ3v) is 7.32. The summed E-state index contributed by atoms with van der Waals surface area (Å²) in [5.74, 6) is 0.504. The molecule has 35 heavy (non-hydrogen) atoms. The molecule has 0 saturated carbocycles. The summed E-state index contributed by atoms with van der Waals surface area (Å²) in [4.78, 5) is 33.3. The molecule has 1 amide bonds. The summed E-state index contributed by atoms with van der Waals surface area (Å²) < 4.78 is 7.04. The molecule has 1 atom stereocenters. The molecule has 1 N–H and O–H groups in total. The van der Waals surface area contributed by atoms with E-state index in [4.69, 9.17) is 9.40 Å². The zero-order chi connectivity index (χ0) is 24.2. The van der Waals surface area contributed by atoms with Crippen molar-refractivity contribution in [3.8, 4) is 0 Å². The summed E-state index contributed by atoms with van der Waals surface area (Å²) in [5.41, 5.74) is 2.39. The molecular weight excluding hydrogens is 460 g/mol. The topological polar surface area (TPSA) is 80.4 Å². The Labute approximate surface area is 208 Å². The van der Waals surface area contributed by atoms with Gasteiger partial charge in [0.2, 0.25) is 5.91 Å². The molecule has 1 aliphatic heterocycles. The van der Waals surface area contributed by atoms with Crippen LogP contribution in [0.4, 0.5) is 11.4 Å². The first-order valence-electron chi connectivity index (χ1n) is 11.9. The van der Waals surface area contributed by atoms with Crippen LogP contribution in [0.1, 0.15) is 31.9 Å². The lowest BCUT2D eigenvalue weighted by Gasteiger charge is -2.28. The number of rotatable bonds is 7. The van der Waals surface area contributed by atoms with Gasteiger partial charge in [-0.2, -0.15) is 0 Å². The number of benzene rings is 2. The smallest absolute Gasteiger partial charge is 0.262 e. The number of hydrogen-bond donors (Lipinski definition) is 1. The van der Waals surface area contributed by atoms with Gasteiger partial charge in [-0.15, -0.1) is 0 Å². The summed E-state index contributed by atoms with van der Waals surface area (Å²) >= 11 is 1.26. The Morgan fingerprint density at radius 2 is 1.83 bits per heavy atom. The monoisotopic (exact) mass is 488 g/mol. The Morgan fingerprint density at radius 1 is 1.06 bits per heavy atom. The molecule has 0 radical (unpaired) electrons. The number of anilines is 2. The first-order valence-corrected chi connectivity index (χ1v) is 12.8. The summed E-state index contributed by atoms with van der Waals surface area (Å²) in [6.45, 7) is 4.23. The van der Waals surface area contributed by atoms with E-state index in [9.17, 15) is 9.59 Å². The van der Waals surface area contributed by atoms with Gasteiger partial charge >= 0.3 is 0 Å². The number of furan rings is 1. The molecule has 2 aromatic carbocycles. The molecule has 180 valence electrons. The average molecular weight is 489 g/mol. The lowest BCUT2D eigenvalue weighted by Crippen LogP contribution is -2.29. The zero-order valence-electron chi connectivity index (χ0n) is 19.6. The van der Waals surface area contributed by atoms with Crippen LogP contribution in [0.2, 0.25) is 0 Å². The largest absolute Gasteiger partial charge is 0.467 e. The Morgan fingerprint density at radius 3 is 2.57 bits per heavy atom. The Bertz CT molecular complexity index is 1360. The van der Waals surface area contributed by atoms with Crippen molar-refractivity contribution in [1.82, 2.24) is 9.55 Å². The SMILES string of the molecule is CC(Sc1nc2ccccc2c(=O)n1Cc1ccco1)C(=O)Nc1ccc(N2CCCCC2)cc1. The van der Waals surface area contributed by atoms with Crippen LogP contribution >= 0.6 is 11.8 Å². The van der Waals surface area contributed by atoms with E-state index in [-0.39, 0.29) is 18.0 Å². The number of carbonyl (C=O) groups is 1. The quantitative estimate of drug-likeness (QED) is 0.286. The van der Waals surface area contributed by atoms with Gasteiger partial charge in [0, 0.05) is 24.5 Å². The van der Waals surface area contributed by atoms with E-state index in [0.717, 1.165) is 18.8 Å². The van der Waals surface area contributed by atoms with Crippen LogP contribution in [0.25, 0.3) is 10.9 Å². The number of hydrogen-bond acceptors (Lipinski definition) is 6. The first-order chi connectivity index (χ1) is 17.1. The number of nitrogens with zero attached hydrogens (tertiary/aromatic N) is 3. The van der Waals surface area contributed by atoms with E-state index < -0.39 is 5.25 Å². The molecule has 3 heterocycles. The first kappa shape index (κ1) is 23.2. The van der Waals surface area contributed by atoms with Gasteiger partial charge in [-0.25, -0.2) is 4.98 Å². The predicted molar refractivity (Wildman–Crippen MR) is 140 cm³/mol. The van der Waals surface area contributed by atoms with Gasteiger partial charge in [0.25, 0.3) is 5.56 Å². The Kier molecular flexibility index (Phi) is 6.90. The van der Waals surface area contributed by atoms with Crippen molar-refractivity contribution in [2.45, 2.75) is 43.1 Å². The fraction of sp³-hybridized carbons (Fsp3) is 0.296. The van der Waals surface area contributed by atoms with E-state index in [1.165, 1.54) is 36.7 Å². The minimum atomic E-state index is -0.465. The highest BCUT2D eigenvalue weighted by atomic mass is 32.2. The molecule has 8 heteroatoms. The number of thioether (sulfide) groups is 1. The lowest BCUT2D eigenvalue weighted by molar-refractivity contribution is -0.115. The van der Waals surface area contributed by atoms with E-state index in [0.29, 0.717) is 21.8 Å². The second-order valence-electron chi connectivity index (χ2n) is 8.73. The predicted octanol–water partition coefficient (Wildman–Crippen LogP) is 5.15. The number of piperidine rings is 1. The third kappa shape index (κ3) is 5.27. The Hall–Kier alpha value is -3.52. The lowest BCUT2D eigenvalue weighted by atomic mass is 10.1. The van der Waals surface area contributed by atoms with Crippen molar-refractivity contribution >= 4 is 39.9 Å². The van der Waals surface area contributed by atoms with Crippen LogP contribution in [-0.2, 0) is 11.3 Å². The summed E-state index contributed by atoms with van der Waals surface area (Å²) in [5, 5.41) is 3.55. The van der Waals surface area contributed by atoms with Crippen molar-refractivity contribution < 1.29 is 9.21 Å². The highest BCUT2D eigenvalue weighted by molar-refractivity contribution is 8.00. The molecule has 1 unspecified atom stereocenters. The van der Waals surface area contributed by atoms with Crippen molar-refractivity contribution in [1.29, 1.82) is 0 Å². The van der Waals surface area contributed by atoms with E-state index >= 15 is 0 Å². The molecule has 7 nitrogen and oxygen atoms in total. The number of carbonyl (C=O) groups excluding carboxylic acids is 1. The second kappa shape index (κ2) is 10.4. The van der Waals surface area contributed by atoms with Gasteiger partial charge in [-0.1, -0.05) is 23.9 Å². The zero-order valence-corrected chi connectivity index (χ0v) is 20.5. The van der Waals surface area contributed by atoms with Crippen molar-refractivity contribution in [2.75, 3.05) is 23.3 Å². The van der Waals surface area contributed by atoms with Crippen LogP contribution < -0.4 is 15.8 Å². The molecule has 0 spiro atoms. The highest BCUT2D eigenvalue weighted by Crippen LogP contribution is 2.26. The summed E-state index contributed by atoms with van der Waals surface area (Å²) in [6, 6.07) is 18.9. The number of para-hydroxylation sites is 1. The van der Waals surface area contributed by atoms with Crippen LogP contribution in [0.3, 0.4) is 0 Å².